The Kier molecular flexibility index (Phi) is 4.08. The van der Waals surface area contributed by atoms with Crippen LogP contribution in [0.2, 0.25) is 0 Å². The Morgan fingerprint density at radius 1 is 1.22 bits per heavy atom. The second kappa shape index (κ2) is 5.47. The summed E-state index contributed by atoms with van der Waals surface area (Å²) in [5.74, 6) is -2.29. The van der Waals surface area contributed by atoms with Crippen LogP contribution in [-0.4, -0.2) is 23.4 Å². The maximum Gasteiger partial charge on any atom is 0.430 e. The Hall–Kier alpha value is -2.19. The Bertz CT molecular complexity index is 672. The zero-order chi connectivity index (χ0) is 17.6. The molecule has 1 heterocycles. The molecule has 2 rings (SSSR count). The van der Waals surface area contributed by atoms with E-state index in [0.717, 1.165) is 0 Å². The summed E-state index contributed by atoms with van der Waals surface area (Å²) in [5.41, 5.74) is -2.66. The number of alkyl halides is 6. The minimum Gasteiger partial charge on any atom is -0.478 e. The van der Waals surface area contributed by atoms with Crippen molar-refractivity contribution in [1.82, 2.24) is 0 Å². The van der Waals surface area contributed by atoms with Gasteiger partial charge in [-0.15, -0.1) is 0 Å². The van der Waals surface area contributed by atoms with E-state index in [4.69, 9.17) is 9.84 Å². The van der Waals surface area contributed by atoms with Gasteiger partial charge in [0.15, 0.2) is 0 Å². The van der Waals surface area contributed by atoms with Crippen molar-refractivity contribution in [1.29, 1.82) is 0 Å². The van der Waals surface area contributed by atoms with Crippen molar-refractivity contribution in [2.24, 2.45) is 0 Å². The van der Waals surface area contributed by atoms with Crippen LogP contribution in [0.3, 0.4) is 0 Å². The van der Waals surface area contributed by atoms with Gasteiger partial charge in [0.2, 0.25) is 6.10 Å². The molecule has 0 saturated carbocycles. The number of rotatable bonds is 2. The van der Waals surface area contributed by atoms with E-state index in [9.17, 15) is 31.1 Å². The fraction of sp³-hybridized carbons (Fsp3) is 0.357. The molecule has 0 bridgehead atoms. The van der Waals surface area contributed by atoms with E-state index >= 15 is 0 Å². The zero-order valence-electron chi connectivity index (χ0n) is 11.5. The van der Waals surface area contributed by atoms with Crippen LogP contribution in [-0.2, 0) is 17.4 Å². The van der Waals surface area contributed by atoms with Crippen LogP contribution in [0.5, 0.6) is 5.75 Å². The number of hydrogen-bond acceptors (Lipinski definition) is 2. The smallest absolute Gasteiger partial charge is 0.430 e. The topological polar surface area (TPSA) is 46.5 Å². The molecule has 1 N–H and O–H groups in total. The van der Waals surface area contributed by atoms with E-state index < -0.39 is 35.6 Å². The van der Waals surface area contributed by atoms with Crippen LogP contribution in [0.15, 0.2) is 17.7 Å². The third-order valence-corrected chi connectivity index (χ3v) is 3.28. The van der Waals surface area contributed by atoms with Crippen LogP contribution in [0.25, 0.3) is 6.08 Å². The molecule has 1 aliphatic heterocycles. The maximum absolute atomic E-state index is 12.9. The van der Waals surface area contributed by atoms with E-state index in [1.54, 1.807) is 0 Å². The number of carbonyl (C=O) groups is 1. The molecule has 0 radical (unpaired) electrons. The minimum atomic E-state index is -5.00. The molecule has 9 heteroatoms. The van der Waals surface area contributed by atoms with Gasteiger partial charge in [-0.05, 0) is 30.2 Å². The van der Waals surface area contributed by atoms with E-state index in [1.807, 2.05) is 0 Å². The molecule has 1 aromatic rings. The van der Waals surface area contributed by atoms with Crippen LogP contribution >= 0.6 is 0 Å². The Morgan fingerprint density at radius 3 is 2.26 bits per heavy atom. The van der Waals surface area contributed by atoms with Crippen molar-refractivity contribution < 1.29 is 41.0 Å². The van der Waals surface area contributed by atoms with Gasteiger partial charge in [0.25, 0.3) is 0 Å². The summed E-state index contributed by atoms with van der Waals surface area (Å²) < 4.78 is 82.1. The molecular formula is C14H10F6O3. The van der Waals surface area contributed by atoms with Gasteiger partial charge in [-0.25, -0.2) is 4.79 Å². The standard InChI is InChI=1S/C14H10F6O3/c1-2-6-3-8(13(15,16)17)4-7-5-9(12(21)22)11(14(18,19)20)23-10(6)7/h3-5,11H,2H2,1H3,(H,21,22)/t11-/m0/s1. The van der Waals surface area contributed by atoms with Gasteiger partial charge >= 0.3 is 18.3 Å². The Labute approximate surface area is 126 Å². The number of carboxylic acid groups (broad SMARTS) is 1. The number of fused-ring (bicyclic) bond motifs is 1. The lowest BCUT2D eigenvalue weighted by Crippen LogP contribution is -2.40. The Morgan fingerprint density at radius 2 is 1.83 bits per heavy atom. The van der Waals surface area contributed by atoms with Crippen molar-refractivity contribution in [3.8, 4) is 5.75 Å². The van der Waals surface area contributed by atoms with Crippen LogP contribution in [0, 0.1) is 0 Å². The Balaban J connectivity index is 2.68. The van der Waals surface area contributed by atoms with E-state index in [0.29, 0.717) is 18.2 Å². The first-order valence-corrected chi connectivity index (χ1v) is 6.37. The van der Waals surface area contributed by atoms with Gasteiger partial charge in [0.05, 0.1) is 11.1 Å². The first-order chi connectivity index (χ1) is 10.4. The number of aliphatic carboxylic acids is 1. The molecule has 1 aromatic carbocycles. The van der Waals surface area contributed by atoms with Crippen molar-refractivity contribution in [2.75, 3.05) is 0 Å². The predicted molar refractivity (Wildman–Crippen MR) is 66.9 cm³/mol. The van der Waals surface area contributed by atoms with Gasteiger partial charge < -0.3 is 9.84 Å². The fourth-order valence-corrected chi connectivity index (χ4v) is 2.23. The SMILES string of the molecule is CCc1cc(C(F)(F)F)cc2c1O[C@H](C(F)(F)F)C(C(=O)O)=C2. The minimum absolute atomic E-state index is 0.00687. The average molecular weight is 340 g/mol. The molecule has 1 aliphatic rings. The fourth-order valence-electron chi connectivity index (χ4n) is 2.23. The van der Waals surface area contributed by atoms with Gasteiger partial charge in [0, 0.05) is 5.56 Å². The summed E-state index contributed by atoms with van der Waals surface area (Å²) in [4.78, 5) is 11.0. The molecule has 0 saturated heterocycles. The third-order valence-electron chi connectivity index (χ3n) is 3.28. The number of ether oxygens (including phenoxy) is 1. The summed E-state index contributed by atoms with van der Waals surface area (Å²) in [5, 5.41) is 8.88. The number of carboxylic acids is 1. The summed E-state index contributed by atoms with van der Waals surface area (Å²) in [6.45, 7) is 1.46. The lowest BCUT2D eigenvalue weighted by molar-refractivity contribution is -0.187. The average Bonchev–Trinajstić information content (AvgIpc) is 2.42. The highest BCUT2D eigenvalue weighted by Gasteiger charge is 2.49. The lowest BCUT2D eigenvalue weighted by Gasteiger charge is -2.29. The molecular weight excluding hydrogens is 330 g/mol. The summed E-state index contributed by atoms with van der Waals surface area (Å²) in [7, 11) is 0. The van der Waals surface area contributed by atoms with Gasteiger partial charge in [0.1, 0.15) is 5.75 Å². The first-order valence-electron chi connectivity index (χ1n) is 6.37. The van der Waals surface area contributed by atoms with E-state index in [2.05, 4.69) is 0 Å². The molecule has 0 unspecified atom stereocenters. The second-order valence-electron chi connectivity index (χ2n) is 4.85. The summed E-state index contributed by atoms with van der Waals surface area (Å²) >= 11 is 0. The van der Waals surface area contributed by atoms with Crippen molar-refractivity contribution in [3.63, 3.8) is 0 Å². The van der Waals surface area contributed by atoms with Crippen LogP contribution in [0.1, 0.15) is 23.6 Å². The highest BCUT2D eigenvalue weighted by Crippen LogP contribution is 2.42. The summed E-state index contributed by atoms with van der Waals surface area (Å²) in [6, 6.07) is 1.27. The molecule has 0 amide bonds. The van der Waals surface area contributed by atoms with Crippen molar-refractivity contribution in [3.05, 3.63) is 34.4 Å². The molecule has 3 nitrogen and oxygen atoms in total. The molecule has 0 spiro atoms. The van der Waals surface area contributed by atoms with Gasteiger partial charge in [-0.3, -0.25) is 0 Å². The largest absolute Gasteiger partial charge is 0.478 e. The summed E-state index contributed by atoms with van der Waals surface area (Å²) in [6.07, 6.45) is -11.9. The molecule has 126 valence electrons. The number of halogens is 6. The number of hydrogen-bond donors (Lipinski definition) is 1. The zero-order valence-corrected chi connectivity index (χ0v) is 11.5. The van der Waals surface area contributed by atoms with Crippen molar-refractivity contribution in [2.45, 2.75) is 31.8 Å². The number of benzene rings is 1. The monoisotopic (exact) mass is 340 g/mol. The van der Waals surface area contributed by atoms with E-state index in [-0.39, 0.29) is 23.3 Å². The first kappa shape index (κ1) is 17.2. The maximum atomic E-state index is 12.9. The molecule has 0 aromatic heterocycles. The number of aryl methyl sites for hydroxylation is 1. The van der Waals surface area contributed by atoms with Crippen molar-refractivity contribution >= 4 is 12.0 Å². The quantitative estimate of drug-likeness (QED) is 0.826. The highest BCUT2D eigenvalue weighted by atomic mass is 19.4. The highest BCUT2D eigenvalue weighted by molar-refractivity contribution is 5.95. The van der Waals surface area contributed by atoms with Crippen LogP contribution < -0.4 is 4.74 Å². The third kappa shape index (κ3) is 3.27. The normalized spacial score (nSPS) is 18.0. The molecule has 1 atom stereocenters. The molecule has 23 heavy (non-hydrogen) atoms. The van der Waals surface area contributed by atoms with E-state index in [1.165, 1.54) is 6.92 Å². The lowest BCUT2D eigenvalue weighted by atomic mass is 9.95. The molecule has 0 fully saturated rings. The predicted octanol–water partition coefficient (Wildman–Crippen LogP) is 4.06. The second-order valence-corrected chi connectivity index (χ2v) is 4.85. The van der Waals surface area contributed by atoms with Crippen LogP contribution in [0.4, 0.5) is 26.3 Å². The van der Waals surface area contributed by atoms with Gasteiger partial charge in [-0.2, -0.15) is 26.3 Å². The van der Waals surface area contributed by atoms with Gasteiger partial charge in [-0.1, -0.05) is 6.92 Å². The molecule has 0 aliphatic carbocycles.